The topological polar surface area (TPSA) is 24.9 Å². The molecule has 1 aromatic heterocycles. The Balaban J connectivity index is 2.75. The van der Waals surface area contributed by atoms with Crippen molar-refractivity contribution in [1.82, 2.24) is 10.3 Å². The molecule has 12 heavy (non-hydrogen) atoms. The van der Waals surface area contributed by atoms with E-state index in [1.165, 1.54) is 11.3 Å². The summed E-state index contributed by atoms with van der Waals surface area (Å²) < 4.78 is 0. The van der Waals surface area contributed by atoms with Gasteiger partial charge in [-0.05, 0) is 32.5 Å². The molecule has 0 aliphatic rings. The third-order valence-electron chi connectivity index (χ3n) is 1.95. The van der Waals surface area contributed by atoms with Crippen molar-refractivity contribution in [3.05, 3.63) is 29.1 Å². The molecule has 66 valence electrons. The average Bonchev–Trinajstić information content (AvgIpc) is 2.07. The van der Waals surface area contributed by atoms with Gasteiger partial charge in [-0.25, -0.2) is 0 Å². The Kier molecular flexibility index (Phi) is 3.23. The monoisotopic (exact) mass is 164 g/mol. The molecule has 0 spiro atoms. The maximum atomic E-state index is 4.47. The van der Waals surface area contributed by atoms with Crippen LogP contribution >= 0.6 is 0 Å². The number of hydrogen-bond donors (Lipinski definition) is 1. The number of aromatic nitrogens is 1. The van der Waals surface area contributed by atoms with E-state index in [2.05, 4.69) is 29.4 Å². The number of nitrogens with zero attached hydrogens (tertiary/aromatic N) is 1. The third-order valence-corrected chi connectivity index (χ3v) is 1.95. The summed E-state index contributed by atoms with van der Waals surface area (Å²) in [5.74, 6) is 0. The second kappa shape index (κ2) is 4.21. The van der Waals surface area contributed by atoms with Crippen LogP contribution in [0.15, 0.2) is 12.1 Å². The second-order valence-corrected chi connectivity index (χ2v) is 3.07. The summed E-state index contributed by atoms with van der Waals surface area (Å²) in [6.07, 6.45) is 1.02. The van der Waals surface area contributed by atoms with Crippen molar-refractivity contribution in [3.63, 3.8) is 0 Å². The summed E-state index contributed by atoms with van der Waals surface area (Å²) in [7, 11) is 1.96. The smallest absolute Gasteiger partial charge is 0.0448 e. The minimum absolute atomic E-state index is 0.997. The molecule has 0 saturated carbocycles. The third kappa shape index (κ3) is 2.31. The summed E-state index contributed by atoms with van der Waals surface area (Å²) in [6.45, 7) is 5.14. The fourth-order valence-corrected chi connectivity index (χ4v) is 1.18. The summed E-state index contributed by atoms with van der Waals surface area (Å²) in [6, 6.07) is 4.19. The van der Waals surface area contributed by atoms with E-state index in [1.54, 1.807) is 0 Å². The maximum absolute atomic E-state index is 4.47. The lowest BCUT2D eigenvalue weighted by atomic mass is 10.1. The second-order valence-electron chi connectivity index (χ2n) is 3.07. The highest BCUT2D eigenvalue weighted by Gasteiger charge is 1.98. The Hall–Kier alpha value is -0.890. The molecular weight excluding hydrogens is 148 g/mol. The normalized spacial score (nSPS) is 10.2. The molecule has 0 aromatic carbocycles. The van der Waals surface area contributed by atoms with Gasteiger partial charge in [0.05, 0.1) is 0 Å². The molecule has 1 rings (SSSR count). The summed E-state index contributed by atoms with van der Waals surface area (Å²) in [4.78, 5) is 4.47. The number of hydrogen-bond acceptors (Lipinski definition) is 2. The summed E-state index contributed by atoms with van der Waals surface area (Å²) >= 11 is 0. The van der Waals surface area contributed by atoms with E-state index in [9.17, 15) is 0 Å². The highest BCUT2D eigenvalue weighted by Crippen LogP contribution is 2.05. The van der Waals surface area contributed by atoms with Crippen LogP contribution in [-0.4, -0.2) is 18.6 Å². The molecule has 0 amide bonds. The lowest BCUT2D eigenvalue weighted by molar-refractivity contribution is 0.769. The number of likely N-dealkylation sites (N-methyl/N-ethyl adjacent to an activating group) is 1. The van der Waals surface area contributed by atoms with Crippen LogP contribution in [-0.2, 0) is 6.42 Å². The van der Waals surface area contributed by atoms with Crippen LogP contribution in [0, 0.1) is 13.8 Å². The zero-order valence-electron chi connectivity index (χ0n) is 8.02. The lowest BCUT2D eigenvalue weighted by Crippen LogP contribution is -2.12. The number of pyridine rings is 1. The molecule has 2 nitrogen and oxygen atoms in total. The predicted octanol–water partition coefficient (Wildman–Crippen LogP) is 1.46. The molecule has 1 heterocycles. The fourth-order valence-electron chi connectivity index (χ4n) is 1.18. The van der Waals surface area contributed by atoms with Crippen LogP contribution in [0.25, 0.3) is 0 Å². The van der Waals surface area contributed by atoms with Gasteiger partial charge < -0.3 is 5.32 Å². The molecular formula is C10H16N2. The fraction of sp³-hybridized carbons (Fsp3) is 0.500. The molecule has 2 heteroatoms. The van der Waals surface area contributed by atoms with E-state index >= 15 is 0 Å². The Labute approximate surface area is 74.0 Å². The van der Waals surface area contributed by atoms with Crippen molar-refractivity contribution in [2.24, 2.45) is 0 Å². The van der Waals surface area contributed by atoms with E-state index in [1.807, 2.05) is 14.0 Å². The van der Waals surface area contributed by atoms with Crippen molar-refractivity contribution in [2.45, 2.75) is 20.3 Å². The Morgan fingerprint density at radius 3 is 2.75 bits per heavy atom. The number of nitrogens with one attached hydrogen (secondary N) is 1. The Bertz CT molecular complexity index is 256. The van der Waals surface area contributed by atoms with Crippen LogP contribution in [0.1, 0.15) is 17.0 Å². The van der Waals surface area contributed by atoms with Gasteiger partial charge in [0.25, 0.3) is 0 Å². The zero-order chi connectivity index (χ0) is 8.97. The highest BCUT2D eigenvalue weighted by atomic mass is 14.8. The van der Waals surface area contributed by atoms with E-state index in [4.69, 9.17) is 0 Å². The van der Waals surface area contributed by atoms with Crippen molar-refractivity contribution in [2.75, 3.05) is 13.6 Å². The predicted molar refractivity (Wildman–Crippen MR) is 51.3 cm³/mol. The Morgan fingerprint density at radius 2 is 2.08 bits per heavy atom. The van der Waals surface area contributed by atoms with Crippen molar-refractivity contribution in [1.29, 1.82) is 0 Å². The van der Waals surface area contributed by atoms with E-state index in [-0.39, 0.29) is 0 Å². The van der Waals surface area contributed by atoms with Gasteiger partial charge in [0, 0.05) is 24.4 Å². The summed E-state index contributed by atoms with van der Waals surface area (Å²) in [5.41, 5.74) is 3.60. The SMILES string of the molecule is CNCCc1nc(C)ccc1C. The van der Waals surface area contributed by atoms with Crippen LogP contribution in [0.4, 0.5) is 0 Å². The molecule has 0 aliphatic heterocycles. The van der Waals surface area contributed by atoms with Gasteiger partial charge in [0.15, 0.2) is 0 Å². The zero-order valence-corrected chi connectivity index (χ0v) is 8.02. The molecule has 0 bridgehead atoms. The van der Waals surface area contributed by atoms with Gasteiger partial charge in [-0.3, -0.25) is 4.98 Å². The van der Waals surface area contributed by atoms with Crippen molar-refractivity contribution < 1.29 is 0 Å². The Morgan fingerprint density at radius 1 is 1.33 bits per heavy atom. The average molecular weight is 164 g/mol. The molecule has 0 unspecified atom stereocenters. The standard InChI is InChI=1S/C10H16N2/c1-8-4-5-9(2)12-10(8)6-7-11-3/h4-5,11H,6-7H2,1-3H3. The van der Waals surface area contributed by atoms with E-state index < -0.39 is 0 Å². The lowest BCUT2D eigenvalue weighted by Gasteiger charge is -2.04. The highest BCUT2D eigenvalue weighted by molar-refractivity contribution is 5.21. The minimum Gasteiger partial charge on any atom is -0.319 e. The molecule has 0 atom stereocenters. The first kappa shape index (κ1) is 9.20. The maximum Gasteiger partial charge on any atom is 0.0448 e. The van der Waals surface area contributed by atoms with Crippen LogP contribution in [0.5, 0.6) is 0 Å². The van der Waals surface area contributed by atoms with E-state index in [0.717, 1.165) is 18.7 Å². The van der Waals surface area contributed by atoms with E-state index in [0.29, 0.717) is 0 Å². The first-order valence-corrected chi connectivity index (χ1v) is 4.32. The van der Waals surface area contributed by atoms with Gasteiger partial charge in [-0.1, -0.05) is 6.07 Å². The quantitative estimate of drug-likeness (QED) is 0.731. The van der Waals surface area contributed by atoms with Gasteiger partial charge in [-0.2, -0.15) is 0 Å². The summed E-state index contributed by atoms with van der Waals surface area (Å²) in [5, 5.41) is 3.12. The van der Waals surface area contributed by atoms with Gasteiger partial charge in [0.2, 0.25) is 0 Å². The molecule has 1 N–H and O–H groups in total. The van der Waals surface area contributed by atoms with Crippen LogP contribution < -0.4 is 5.32 Å². The van der Waals surface area contributed by atoms with Crippen LogP contribution in [0.3, 0.4) is 0 Å². The van der Waals surface area contributed by atoms with Crippen molar-refractivity contribution in [3.8, 4) is 0 Å². The first-order chi connectivity index (χ1) is 5.74. The number of aryl methyl sites for hydroxylation is 2. The molecule has 0 fully saturated rings. The minimum atomic E-state index is 0.997. The number of rotatable bonds is 3. The van der Waals surface area contributed by atoms with Gasteiger partial charge in [0.1, 0.15) is 0 Å². The molecule has 0 aliphatic carbocycles. The molecule has 0 saturated heterocycles. The molecule has 0 radical (unpaired) electrons. The van der Waals surface area contributed by atoms with Gasteiger partial charge in [-0.15, -0.1) is 0 Å². The van der Waals surface area contributed by atoms with Crippen molar-refractivity contribution >= 4 is 0 Å². The van der Waals surface area contributed by atoms with Gasteiger partial charge >= 0.3 is 0 Å². The largest absolute Gasteiger partial charge is 0.319 e. The first-order valence-electron chi connectivity index (χ1n) is 4.32. The van der Waals surface area contributed by atoms with Crippen LogP contribution in [0.2, 0.25) is 0 Å². The molecule has 1 aromatic rings.